The van der Waals surface area contributed by atoms with E-state index in [0.29, 0.717) is 44.8 Å². The first kappa shape index (κ1) is 21.3. The van der Waals surface area contributed by atoms with E-state index in [4.69, 9.17) is 0 Å². The molecule has 0 saturated carbocycles. The summed E-state index contributed by atoms with van der Waals surface area (Å²) in [4.78, 5) is 42.3. The average Bonchev–Trinajstić information content (AvgIpc) is 2.69. The number of carbonyl (C=O) groups excluding carboxylic acids is 3. The molecule has 2 saturated heterocycles. The van der Waals surface area contributed by atoms with Crippen LogP contribution in [0.1, 0.15) is 56.8 Å². The lowest BCUT2D eigenvalue weighted by Crippen LogP contribution is -2.73. The summed E-state index contributed by atoms with van der Waals surface area (Å²) in [5.74, 6) is -0.794. The summed E-state index contributed by atoms with van der Waals surface area (Å²) in [5, 5.41) is 2.94. The van der Waals surface area contributed by atoms with Crippen molar-refractivity contribution in [3.05, 3.63) is 35.6 Å². The zero-order valence-corrected chi connectivity index (χ0v) is 17.4. The van der Waals surface area contributed by atoms with Crippen LogP contribution in [0.5, 0.6) is 0 Å². The highest BCUT2D eigenvalue weighted by Gasteiger charge is 2.53. The van der Waals surface area contributed by atoms with Gasteiger partial charge in [-0.05, 0) is 43.7 Å². The molecule has 2 aliphatic rings. The molecular weight excluding hydrogens is 373 g/mol. The Balaban J connectivity index is 1.78. The van der Waals surface area contributed by atoms with Crippen molar-refractivity contribution in [1.29, 1.82) is 0 Å². The van der Waals surface area contributed by atoms with Crippen LogP contribution < -0.4 is 5.32 Å². The van der Waals surface area contributed by atoms with Gasteiger partial charge in [-0.3, -0.25) is 14.4 Å². The first-order chi connectivity index (χ1) is 13.8. The number of hydrogen-bond acceptors (Lipinski definition) is 3. The number of halogens is 1. The van der Waals surface area contributed by atoms with E-state index in [9.17, 15) is 18.8 Å². The van der Waals surface area contributed by atoms with E-state index in [1.54, 1.807) is 21.9 Å². The number of amides is 3. The normalized spacial score (nSPS) is 21.6. The second kappa shape index (κ2) is 8.51. The minimum Gasteiger partial charge on any atom is -0.342 e. The predicted molar refractivity (Wildman–Crippen MR) is 108 cm³/mol. The molecule has 0 aromatic heterocycles. The van der Waals surface area contributed by atoms with E-state index in [0.717, 1.165) is 6.42 Å². The predicted octanol–water partition coefficient (Wildman–Crippen LogP) is 2.58. The van der Waals surface area contributed by atoms with Gasteiger partial charge in [-0.25, -0.2) is 4.39 Å². The molecule has 2 aliphatic heterocycles. The fraction of sp³-hybridized carbons (Fsp3) is 0.591. The van der Waals surface area contributed by atoms with Crippen molar-refractivity contribution in [2.75, 3.05) is 19.6 Å². The summed E-state index contributed by atoms with van der Waals surface area (Å²) >= 11 is 0. The molecule has 2 heterocycles. The van der Waals surface area contributed by atoms with Crippen molar-refractivity contribution >= 4 is 17.7 Å². The topological polar surface area (TPSA) is 69.7 Å². The van der Waals surface area contributed by atoms with Crippen LogP contribution in [0.2, 0.25) is 0 Å². The Hall–Kier alpha value is -2.44. The van der Waals surface area contributed by atoms with Crippen molar-refractivity contribution in [2.45, 2.75) is 58.0 Å². The Kier molecular flexibility index (Phi) is 6.24. The van der Waals surface area contributed by atoms with Crippen LogP contribution in [0.15, 0.2) is 24.3 Å². The van der Waals surface area contributed by atoms with Gasteiger partial charge in [0.25, 0.3) is 5.91 Å². The van der Waals surface area contributed by atoms with Crippen molar-refractivity contribution in [3.8, 4) is 0 Å². The molecule has 1 atom stereocenters. The second-order valence-electron chi connectivity index (χ2n) is 8.45. The Morgan fingerprint density at radius 2 is 1.90 bits per heavy atom. The summed E-state index contributed by atoms with van der Waals surface area (Å²) in [5.41, 5.74) is -0.887. The highest BCUT2D eigenvalue weighted by Crippen LogP contribution is 2.34. The maximum Gasteiger partial charge on any atom is 0.256 e. The molecule has 1 unspecified atom stereocenters. The van der Waals surface area contributed by atoms with E-state index < -0.39 is 17.4 Å². The summed E-state index contributed by atoms with van der Waals surface area (Å²) in [6.45, 7) is 7.18. The van der Waals surface area contributed by atoms with Crippen molar-refractivity contribution < 1.29 is 18.8 Å². The van der Waals surface area contributed by atoms with Crippen LogP contribution in [0.3, 0.4) is 0 Å². The van der Waals surface area contributed by atoms with Crippen LogP contribution in [0, 0.1) is 11.7 Å². The van der Waals surface area contributed by atoms with Gasteiger partial charge in [0.05, 0.1) is 5.56 Å². The smallest absolute Gasteiger partial charge is 0.256 e. The molecule has 0 bridgehead atoms. The van der Waals surface area contributed by atoms with Gasteiger partial charge in [0.1, 0.15) is 17.4 Å². The number of nitrogens with one attached hydrogen (secondary N) is 1. The minimum atomic E-state index is -0.924. The molecule has 6 nitrogen and oxygen atoms in total. The molecule has 0 radical (unpaired) electrons. The number of piperidine rings is 1. The number of rotatable bonds is 5. The molecule has 1 spiro atoms. The molecule has 158 valence electrons. The lowest BCUT2D eigenvalue weighted by atomic mass is 9.80. The highest BCUT2D eigenvalue weighted by atomic mass is 19.1. The largest absolute Gasteiger partial charge is 0.342 e. The van der Waals surface area contributed by atoms with Crippen molar-refractivity contribution in [3.63, 3.8) is 0 Å². The number of likely N-dealkylation sites (tertiary alicyclic amines) is 1. The average molecular weight is 403 g/mol. The molecular formula is C22H30FN3O3. The zero-order valence-electron chi connectivity index (χ0n) is 17.4. The molecule has 1 aromatic rings. The quantitative estimate of drug-likeness (QED) is 0.822. The van der Waals surface area contributed by atoms with Crippen LogP contribution in [0.25, 0.3) is 0 Å². The third kappa shape index (κ3) is 4.00. The molecule has 2 fully saturated rings. The fourth-order valence-electron chi connectivity index (χ4n) is 4.44. The number of hydrogen-bond donors (Lipinski definition) is 1. The highest BCUT2D eigenvalue weighted by molar-refractivity contribution is 6.00. The standard InChI is InChI=1S/C22H30FN3O3/c1-4-11-26-20(28)18(14-15(2)3)24-21(29)22(26)9-12-25(13-10-22)19(27)16-7-5-6-8-17(16)23/h5-8,15,18H,4,9-14H2,1-3H3,(H,24,29). The third-order valence-corrected chi connectivity index (χ3v) is 5.95. The fourth-order valence-corrected chi connectivity index (χ4v) is 4.44. The molecule has 0 aliphatic carbocycles. The third-order valence-electron chi connectivity index (χ3n) is 5.95. The molecule has 1 N–H and O–H groups in total. The number of carbonyl (C=O) groups is 3. The number of benzene rings is 1. The van der Waals surface area contributed by atoms with Gasteiger partial charge in [-0.2, -0.15) is 0 Å². The van der Waals surface area contributed by atoms with Gasteiger partial charge < -0.3 is 15.1 Å². The van der Waals surface area contributed by atoms with E-state index >= 15 is 0 Å². The van der Waals surface area contributed by atoms with Crippen LogP contribution in [0.4, 0.5) is 4.39 Å². The summed E-state index contributed by atoms with van der Waals surface area (Å²) < 4.78 is 14.0. The van der Waals surface area contributed by atoms with Crippen LogP contribution in [-0.4, -0.2) is 58.7 Å². The SMILES string of the molecule is CCCN1C(=O)C(CC(C)C)NC(=O)C12CCN(C(=O)c1ccccc1F)CC2. The van der Waals surface area contributed by atoms with Crippen LogP contribution in [-0.2, 0) is 9.59 Å². The van der Waals surface area contributed by atoms with Gasteiger partial charge >= 0.3 is 0 Å². The van der Waals surface area contributed by atoms with Gasteiger partial charge in [0.2, 0.25) is 11.8 Å². The zero-order chi connectivity index (χ0) is 21.2. The first-order valence-corrected chi connectivity index (χ1v) is 10.5. The Labute approximate surface area is 171 Å². The molecule has 3 rings (SSSR count). The van der Waals surface area contributed by atoms with Gasteiger partial charge in [-0.15, -0.1) is 0 Å². The monoisotopic (exact) mass is 403 g/mol. The summed E-state index contributed by atoms with van der Waals surface area (Å²) in [7, 11) is 0. The van der Waals surface area contributed by atoms with Crippen molar-refractivity contribution in [2.24, 2.45) is 5.92 Å². The molecule has 7 heteroatoms. The van der Waals surface area contributed by atoms with Gasteiger partial charge in [-0.1, -0.05) is 32.9 Å². The Morgan fingerprint density at radius 1 is 1.24 bits per heavy atom. The second-order valence-corrected chi connectivity index (χ2v) is 8.45. The van der Waals surface area contributed by atoms with E-state index in [2.05, 4.69) is 5.32 Å². The van der Waals surface area contributed by atoms with Gasteiger partial charge in [0, 0.05) is 19.6 Å². The first-order valence-electron chi connectivity index (χ1n) is 10.5. The van der Waals surface area contributed by atoms with Crippen molar-refractivity contribution in [1.82, 2.24) is 15.1 Å². The van der Waals surface area contributed by atoms with Gasteiger partial charge in [0.15, 0.2) is 0 Å². The maximum atomic E-state index is 14.0. The molecule has 1 aromatic carbocycles. The lowest BCUT2D eigenvalue weighted by molar-refractivity contribution is -0.161. The van der Waals surface area contributed by atoms with Crippen LogP contribution >= 0.6 is 0 Å². The Bertz CT molecular complexity index is 787. The minimum absolute atomic E-state index is 0.0333. The summed E-state index contributed by atoms with van der Waals surface area (Å²) in [6.07, 6.45) is 2.09. The van der Waals surface area contributed by atoms with E-state index in [-0.39, 0.29) is 23.3 Å². The summed E-state index contributed by atoms with van der Waals surface area (Å²) in [6, 6.07) is 5.43. The number of nitrogens with zero attached hydrogens (tertiary/aromatic N) is 2. The lowest BCUT2D eigenvalue weighted by Gasteiger charge is -2.51. The molecule has 29 heavy (non-hydrogen) atoms. The van der Waals surface area contributed by atoms with E-state index in [1.807, 2.05) is 20.8 Å². The van der Waals surface area contributed by atoms with E-state index in [1.165, 1.54) is 12.1 Å². The number of piperazine rings is 1. The molecule has 3 amide bonds. The Morgan fingerprint density at radius 3 is 2.48 bits per heavy atom. The maximum absolute atomic E-state index is 14.0.